The molecule has 0 bridgehead atoms. The van der Waals surface area contributed by atoms with Crippen molar-refractivity contribution in [2.24, 2.45) is 0 Å². The Balaban J connectivity index is 1.18. The van der Waals surface area contributed by atoms with E-state index in [-0.39, 0.29) is 61.1 Å². The molecule has 0 aromatic heterocycles. The van der Waals surface area contributed by atoms with Gasteiger partial charge in [-0.3, -0.25) is 9.59 Å². The monoisotopic (exact) mass is 459 g/mol. The first kappa shape index (κ1) is 22.9. The van der Waals surface area contributed by atoms with E-state index in [2.05, 4.69) is 5.32 Å². The van der Waals surface area contributed by atoms with E-state index in [0.717, 1.165) is 25.9 Å². The van der Waals surface area contributed by atoms with E-state index in [1.807, 2.05) is 4.90 Å². The molecule has 4 aliphatic rings. The van der Waals surface area contributed by atoms with Gasteiger partial charge in [-0.25, -0.2) is 8.42 Å². The van der Waals surface area contributed by atoms with Crippen molar-refractivity contribution in [3.8, 4) is 0 Å². The van der Waals surface area contributed by atoms with Crippen LogP contribution in [0.3, 0.4) is 0 Å². The average molecular weight is 460 g/mol. The summed E-state index contributed by atoms with van der Waals surface area (Å²) in [6.07, 6.45) is 0.391. The third kappa shape index (κ3) is 5.39. The highest BCUT2D eigenvalue weighted by molar-refractivity contribution is 7.91. The summed E-state index contributed by atoms with van der Waals surface area (Å²) < 4.78 is 35.0. The number of piperidine rings is 1. The molecule has 4 aliphatic heterocycles. The van der Waals surface area contributed by atoms with Crippen LogP contribution in [0.15, 0.2) is 0 Å². The maximum absolute atomic E-state index is 12.5. The molecule has 0 aromatic carbocycles. The molecule has 0 saturated carbocycles. The fourth-order valence-electron chi connectivity index (χ4n) is 4.98. The van der Waals surface area contributed by atoms with Crippen molar-refractivity contribution in [1.29, 1.82) is 0 Å². The Morgan fingerprint density at radius 3 is 2.35 bits per heavy atom. The first-order chi connectivity index (χ1) is 14.7. The van der Waals surface area contributed by atoms with Gasteiger partial charge in [0.05, 0.1) is 36.2 Å². The van der Waals surface area contributed by atoms with Gasteiger partial charge in [-0.05, 0) is 12.8 Å². The van der Waals surface area contributed by atoms with Gasteiger partial charge in [0.25, 0.3) is 0 Å². The largest absolute Gasteiger partial charge is 0.388 e. The molecule has 4 saturated heterocycles. The number of nitrogens with zero attached hydrogens (tertiary/aromatic N) is 2. The van der Waals surface area contributed by atoms with Gasteiger partial charge in [0.15, 0.2) is 9.84 Å². The second kappa shape index (κ2) is 9.30. The number of sulfone groups is 1. The maximum Gasteiger partial charge on any atom is 0.225 e. The molecular formula is C20H33N3O7S. The van der Waals surface area contributed by atoms with E-state index in [0.29, 0.717) is 19.0 Å². The van der Waals surface area contributed by atoms with Gasteiger partial charge < -0.3 is 29.7 Å². The Hall–Kier alpha value is -1.27. The predicted octanol–water partition coefficient (Wildman–Crippen LogP) is -1.48. The Labute approximate surface area is 183 Å². The highest BCUT2D eigenvalue weighted by Gasteiger charge is 2.50. The van der Waals surface area contributed by atoms with Crippen LogP contribution in [0.2, 0.25) is 0 Å². The number of aliphatic hydroxyl groups is 1. The Kier molecular flexibility index (Phi) is 6.87. The van der Waals surface area contributed by atoms with Gasteiger partial charge in [0, 0.05) is 52.1 Å². The number of nitrogens with one attached hydrogen (secondary N) is 1. The van der Waals surface area contributed by atoms with Crippen molar-refractivity contribution in [3.63, 3.8) is 0 Å². The van der Waals surface area contributed by atoms with Crippen LogP contribution in [0.5, 0.6) is 0 Å². The predicted molar refractivity (Wildman–Crippen MR) is 111 cm³/mol. The summed E-state index contributed by atoms with van der Waals surface area (Å²) in [5, 5.41) is 14.1. The van der Waals surface area contributed by atoms with Gasteiger partial charge in [0.1, 0.15) is 12.2 Å². The van der Waals surface area contributed by atoms with E-state index in [4.69, 9.17) is 9.47 Å². The summed E-state index contributed by atoms with van der Waals surface area (Å²) in [7, 11) is -3.02. The number of ether oxygens (including phenoxy) is 2. The first-order valence-corrected chi connectivity index (χ1v) is 13.0. The lowest BCUT2D eigenvalue weighted by Gasteiger charge is -2.32. The minimum atomic E-state index is -3.02. The second-order valence-corrected chi connectivity index (χ2v) is 11.4. The Morgan fingerprint density at radius 2 is 1.74 bits per heavy atom. The quantitative estimate of drug-likeness (QED) is 0.510. The molecule has 4 fully saturated rings. The average Bonchev–Trinajstić information content (AvgIpc) is 3.24. The number of hydrogen-bond donors (Lipinski definition) is 2. The number of carbonyl (C=O) groups is 2. The van der Waals surface area contributed by atoms with E-state index in [1.54, 1.807) is 11.8 Å². The number of hydrogen-bond acceptors (Lipinski definition) is 8. The fraction of sp³-hybridized carbons (Fsp3) is 0.900. The summed E-state index contributed by atoms with van der Waals surface area (Å²) in [5.74, 6) is 0.0281. The molecule has 2 amide bonds. The molecule has 5 unspecified atom stereocenters. The van der Waals surface area contributed by atoms with Crippen LogP contribution >= 0.6 is 0 Å². The number of amides is 2. The van der Waals surface area contributed by atoms with Crippen LogP contribution in [-0.2, 0) is 28.9 Å². The van der Waals surface area contributed by atoms with Crippen molar-refractivity contribution in [2.75, 3.05) is 44.2 Å². The number of likely N-dealkylation sites (tertiary alicyclic amines) is 1. The van der Waals surface area contributed by atoms with Gasteiger partial charge in [-0.2, -0.15) is 0 Å². The van der Waals surface area contributed by atoms with Gasteiger partial charge in [-0.1, -0.05) is 0 Å². The third-order valence-corrected chi connectivity index (χ3v) is 8.53. The molecular weight excluding hydrogens is 426 g/mol. The smallest absolute Gasteiger partial charge is 0.225 e. The molecule has 0 radical (unpaired) electrons. The van der Waals surface area contributed by atoms with Gasteiger partial charge >= 0.3 is 0 Å². The summed E-state index contributed by atoms with van der Waals surface area (Å²) >= 11 is 0. The van der Waals surface area contributed by atoms with Crippen molar-refractivity contribution in [1.82, 2.24) is 15.1 Å². The Morgan fingerprint density at radius 1 is 1.06 bits per heavy atom. The van der Waals surface area contributed by atoms with Gasteiger partial charge in [0.2, 0.25) is 11.8 Å². The van der Waals surface area contributed by atoms with E-state index in [1.165, 1.54) is 0 Å². The van der Waals surface area contributed by atoms with Crippen LogP contribution in [0.25, 0.3) is 0 Å². The molecule has 0 aliphatic carbocycles. The third-order valence-electron chi connectivity index (χ3n) is 6.93. The highest BCUT2D eigenvalue weighted by Crippen LogP contribution is 2.35. The summed E-state index contributed by atoms with van der Waals surface area (Å²) in [6.45, 7) is 4.07. The highest BCUT2D eigenvalue weighted by atomic mass is 32.2. The van der Waals surface area contributed by atoms with Crippen LogP contribution < -0.4 is 5.32 Å². The molecule has 10 nitrogen and oxygen atoms in total. The minimum absolute atomic E-state index is 0.0137. The SMILES string of the molecule is CC(=O)N1CCC(NCC2OC3CC(CC(=O)N4CCS(=O)(=O)CC4)OC3C2O)CC1. The zero-order valence-electron chi connectivity index (χ0n) is 17.9. The van der Waals surface area contributed by atoms with Crippen LogP contribution in [0.1, 0.15) is 32.6 Å². The molecule has 2 N–H and O–H groups in total. The van der Waals surface area contributed by atoms with E-state index < -0.39 is 22.0 Å². The Bertz CT molecular complexity index is 770. The summed E-state index contributed by atoms with van der Waals surface area (Å²) in [4.78, 5) is 27.3. The summed E-state index contributed by atoms with van der Waals surface area (Å²) in [6, 6.07) is 0.298. The van der Waals surface area contributed by atoms with Crippen LogP contribution in [0, 0.1) is 0 Å². The fourth-order valence-corrected chi connectivity index (χ4v) is 6.18. The lowest BCUT2D eigenvalue weighted by Crippen LogP contribution is -2.47. The summed E-state index contributed by atoms with van der Waals surface area (Å²) in [5.41, 5.74) is 0. The molecule has 0 spiro atoms. The van der Waals surface area contributed by atoms with Crippen molar-refractivity contribution >= 4 is 21.7 Å². The number of aliphatic hydroxyl groups excluding tert-OH is 1. The lowest BCUT2D eigenvalue weighted by atomic mass is 10.0. The van der Waals surface area contributed by atoms with Crippen LogP contribution in [0.4, 0.5) is 0 Å². The first-order valence-electron chi connectivity index (χ1n) is 11.2. The number of rotatable bonds is 5. The zero-order chi connectivity index (χ0) is 22.2. The topological polar surface area (TPSA) is 125 Å². The number of fused-ring (bicyclic) bond motifs is 1. The van der Waals surface area contributed by atoms with Crippen molar-refractivity contribution < 1.29 is 32.6 Å². The maximum atomic E-state index is 12.5. The molecule has 4 rings (SSSR count). The van der Waals surface area contributed by atoms with E-state index >= 15 is 0 Å². The standard InChI is InChI=1S/C20H33N3O7S/c1-13(24)22-4-2-14(3-5-22)21-12-17-19(26)20-16(30-17)10-15(29-20)11-18(25)23-6-8-31(27,28)9-7-23/h14-17,19-21,26H,2-12H2,1H3. The normalized spacial score (nSPS) is 35.9. The molecule has 4 heterocycles. The second-order valence-electron chi connectivity index (χ2n) is 9.09. The zero-order valence-corrected chi connectivity index (χ0v) is 18.8. The molecule has 11 heteroatoms. The molecule has 31 heavy (non-hydrogen) atoms. The number of carbonyl (C=O) groups excluding carboxylic acids is 2. The van der Waals surface area contributed by atoms with Crippen molar-refractivity contribution in [2.45, 2.75) is 69.2 Å². The van der Waals surface area contributed by atoms with Gasteiger partial charge in [-0.15, -0.1) is 0 Å². The lowest BCUT2D eigenvalue weighted by molar-refractivity contribution is -0.134. The molecule has 5 atom stereocenters. The van der Waals surface area contributed by atoms with Crippen LogP contribution in [-0.4, -0.2) is 116 Å². The molecule has 0 aromatic rings. The van der Waals surface area contributed by atoms with Crippen molar-refractivity contribution in [3.05, 3.63) is 0 Å². The minimum Gasteiger partial charge on any atom is -0.388 e. The van der Waals surface area contributed by atoms with E-state index in [9.17, 15) is 23.1 Å². The molecule has 176 valence electrons.